The van der Waals surface area contributed by atoms with Gasteiger partial charge in [-0.1, -0.05) is 144 Å². The minimum atomic E-state index is -0.808. The van der Waals surface area contributed by atoms with Crippen LogP contribution in [0.3, 0.4) is 0 Å². The molecule has 0 bridgehead atoms. The van der Waals surface area contributed by atoms with E-state index in [0.717, 1.165) is 70.6 Å². The molecule has 5 heteroatoms. The van der Waals surface area contributed by atoms with Gasteiger partial charge in [-0.3, -0.25) is 9.59 Å². The first kappa shape index (κ1) is 45.1. The van der Waals surface area contributed by atoms with Crippen LogP contribution in [0.15, 0.2) is 85.1 Å². The van der Waals surface area contributed by atoms with Crippen LogP contribution in [0.1, 0.15) is 155 Å². The van der Waals surface area contributed by atoms with E-state index in [-0.39, 0.29) is 31.6 Å². The van der Waals surface area contributed by atoms with Crippen LogP contribution in [0.2, 0.25) is 0 Å². The highest BCUT2D eigenvalue weighted by Gasteiger charge is 2.15. The van der Waals surface area contributed by atoms with Crippen LogP contribution in [0, 0.1) is 0 Å². The number of hydrogen-bond donors (Lipinski definition) is 1. The van der Waals surface area contributed by atoms with Crippen LogP contribution in [-0.2, 0) is 19.1 Å². The van der Waals surface area contributed by atoms with Gasteiger partial charge >= 0.3 is 11.9 Å². The number of carbonyl (C=O) groups excluding carboxylic acids is 2. The summed E-state index contributed by atoms with van der Waals surface area (Å²) in [6, 6.07) is 0. The minimum absolute atomic E-state index is 0.0977. The van der Waals surface area contributed by atoms with E-state index < -0.39 is 6.10 Å². The summed E-state index contributed by atoms with van der Waals surface area (Å²) in [6.45, 7) is 3.92. The number of hydrogen-bond acceptors (Lipinski definition) is 5. The third kappa shape index (κ3) is 35.9. The average molecular weight is 667 g/mol. The van der Waals surface area contributed by atoms with Gasteiger partial charge in [0.2, 0.25) is 0 Å². The number of allylic oxidation sites excluding steroid dienone is 14. The van der Waals surface area contributed by atoms with Gasteiger partial charge in [0.15, 0.2) is 6.10 Å². The average Bonchev–Trinajstić information content (AvgIpc) is 3.09. The van der Waals surface area contributed by atoms with Crippen molar-refractivity contribution < 1.29 is 24.2 Å². The van der Waals surface area contributed by atoms with Crippen molar-refractivity contribution in [3.63, 3.8) is 0 Å². The van der Waals surface area contributed by atoms with Gasteiger partial charge in [0.25, 0.3) is 0 Å². The Morgan fingerprint density at radius 2 is 0.917 bits per heavy atom. The Morgan fingerprint density at radius 3 is 1.42 bits per heavy atom. The summed E-state index contributed by atoms with van der Waals surface area (Å²) in [4.78, 5) is 24.2. The molecular weight excluding hydrogens is 596 g/mol. The zero-order valence-corrected chi connectivity index (χ0v) is 30.7. The molecule has 0 radical (unpaired) electrons. The van der Waals surface area contributed by atoms with Gasteiger partial charge in [-0.05, 0) is 83.5 Å². The topological polar surface area (TPSA) is 72.8 Å². The number of aliphatic hydroxyl groups is 1. The lowest BCUT2D eigenvalue weighted by Gasteiger charge is -2.15. The summed E-state index contributed by atoms with van der Waals surface area (Å²) in [5.41, 5.74) is 0. The van der Waals surface area contributed by atoms with E-state index in [2.05, 4.69) is 98.9 Å². The second kappa shape index (κ2) is 38.5. The number of esters is 2. The highest BCUT2D eigenvalue weighted by molar-refractivity contribution is 5.70. The SMILES string of the molecule is CCC=CCC=CCC=CCC=CCC=CCCCC(=O)O[C@@H](CO)COC(=O)CCCCCCCCCC=CCC=CCCCCC. The lowest BCUT2D eigenvalue weighted by molar-refractivity contribution is -0.161. The van der Waals surface area contributed by atoms with Crippen LogP contribution >= 0.6 is 0 Å². The molecule has 0 saturated carbocycles. The van der Waals surface area contributed by atoms with E-state index in [1.807, 2.05) is 0 Å². The molecule has 272 valence electrons. The Morgan fingerprint density at radius 1 is 0.500 bits per heavy atom. The molecule has 48 heavy (non-hydrogen) atoms. The summed E-state index contributed by atoms with van der Waals surface area (Å²) in [7, 11) is 0. The molecule has 0 aromatic heterocycles. The van der Waals surface area contributed by atoms with Crippen molar-refractivity contribution in [1.82, 2.24) is 0 Å². The van der Waals surface area contributed by atoms with Crippen LogP contribution in [0.25, 0.3) is 0 Å². The highest BCUT2D eigenvalue weighted by Crippen LogP contribution is 2.11. The lowest BCUT2D eigenvalue weighted by Crippen LogP contribution is -2.28. The van der Waals surface area contributed by atoms with E-state index in [1.165, 1.54) is 51.4 Å². The Hall–Kier alpha value is -2.92. The van der Waals surface area contributed by atoms with E-state index in [0.29, 0.717) is 12.8 Å². The van der Waals surface area contributed by atoms with Crippen LogP contribution < -0.4 is 0 Å². The Balaban J connectivity index is 3.70. The minimum Gasteiger partial charge on any atom is -0.462 e. The fourth-order valence-corrected chi connectivity index (χ4v) is 4.79. The molecule has 0 spiro atoms. The number of carbonyl (C=O) groups is 2. The summed E-state index contributed by atoms with van der Waals surface area (Å²) in [6.07, 6.45) is 52.1. The summed E-state index contributed by atoms with van der Waals surface area (Å²) >= 11 is 0. The van der Waals surface area contributed by atoms with Crippen LogP contribution in [0.4, 0.5) is 0 Å². The molecule has 1 N–H and O–H groups in total. The molecule has 1 atom stereocenters. The fraction of sp³-hybridized carbons (Fsp3) is 0.628. The molecule has 0 heterocycles. The quantitative estimate of drug-likeness (QED) is 0.0429. The summed E-state index contributed by atoms with van der Waals surface area (Å²) < 4.78 is 10.5. The molecule has 0 rings (SSSR count). The maximum absolute atomic E-state index is 12.1. The molecule has 0 aromatic carbocycles. The van der Waals surface area contributed by atoms with Gasteiger partial charge in [-0.2, -0.15) is 0 Å². The number of aliphatic hydroxyl groups excluding tert-OH is 1. The second-order valence-corrected chi connectivity index (χ2v) is 12.3. The van der Waals surface area contributed by atoms with E-state index in [1.54, 1.807) is 0 Å². The zero-order chi connectivity index (χ0) is 35.0. The summed E-state index contributed by atoms with van der Waals surface area (Å²) in [5, 5.41) is 9.54. The number of ether oxygens (including phenoxy) is 2. The number of unbranched alkanes of at least 4 members (excludes halogenated alkanes) is 11. The van der Waals surface area contributed by atoms with E-state index in [4.69, 9.17) is 9.47 Å². The first-order valence-corrected chi connectivity index (χ1v) is 19.1. The predicted octanol–water partition coefficient (Wildman–Crippen LogP) is 11.9. The normalized spacial score (nSPS) is 13.1. The van der Waals surface area contributed by atoms with Gasteiger partial charge < -0.3 is 14.6 Å². The molecule has 0 unspecified atom stereocenters. The fourth-order valence-electron chi connectivity index (χ4n) is 4.79. The van der Waals surface area contributed by atoms with E-state index >= 15 is 0 Å². The van der Waals surface area contributed by atoms with Crippen molar-refractivity contribution in [3.05, 3.63) is 85.1 Å². The molecule has 0 fully saturated rings. The van der Waals surface area contributed by atoms with Crippen molar-refractivity contribution in [2.24, 2.45) is 0 Å². The van der Waals surface area contributed by atoms with Crippen molar-refractivity contribution >= 4 is 11.9 Å². The van der Waals surface area contributed by atoms with Crippen molar-refractivity contribution in [3.8, 4) is 0 Å². The summed E-state index contributed by atoms with van der Waals surface area (Å²) in [5.74, 6) is -0.677. The predicted molar refractivity (Wildman–Crippen MR) is 205 cm³/mol. The molecule has 0 amide bonds. The number of rotatable bonds is 33. The first-order valence-electron chi connectivity index (χ1n) is 19.1. The third-order valence-corrected chi connectivity index (χ3v) is 7.67. The first-order chi connectivity index (χ1) is 23.6. The van der Waals surface area contributed by atoms with Crippen molar-refractivity contribution in [1.29, 1.82) is 0 Å². The Labute approximate surface area is 295 Å². The van der Waals surface area contributed by atoms with Crippen molar-refractivity contribution in [2.75, 3.05) is 13.2 Å². The Bertz CT molecular complexity index is 937. The Kier molecular flexibility index (Phi) is 36.2. The maximum Gasteiger partial charge on any atom is 0.306 e. The smallest absolute Gasteiger partial charge is 0.306 e. The molecule has 0 aliphatic rings. The van der Waals surface area contributed by atoms with Crippen LogP contribution in [-0.4, -0.2) is 36.4 Å². The van der Waals surface area contributed by atoms with Crippen molar-refractivity contribution in [2.45, 2.75) is 161 Å². The highest BCUT2D eigenvalue weighted by atomic mass is 16.6. The second-order valence-electron chi connectivity index (χ2n) is 12.3. The lowest BCUT2D eigenvalue weighted by atomic mass is 10.1. The molecule has 0 aliphatic carbocycles. The molecule has 5 nitrogen and oxygen atoms in total. The van der Waals surface area contributed by atoms with Gasteiger partial charge in [0.1, 0.15) is 6.61 Å². The van der Waals surface area contributed by atoms with Gasteiger partial charge in [-0.25, -0.2) is 0 Å². The van der Waals surface area contributed by atoms with Crippen LogP contribution in [0.5, 0.6) is 0 Å². The molecule has 0 aliphatic heterocycles. The van der Waals surface area contributed by atoms with E-state index in [9.17, 15) is 14.7 Å². The maximum atomic E-state index is 12.1. The standard InChI is InChI=1S/C43H70O5/c1-3-5-7-9-11-13-15-17-19-21-23-25-27-29-31-33-35-37-42(45)47-40-41(39-44)48-43(46)38-36-34-32-30-28-26-24-22-20-18-16-14-12-10-8-6-4-2/h6,8,11-14,17-20,24,26,30,32,41,44H,3-5,7,9-10,15-16,21-23,25,27-29,31,33-40H2,1-2H3/t41-/m0/s1. The molecular formula is C43H70O5. The molecule has 0 aromatic rings. The largest absolute Gasteiger partial charge is 0.462 e. The van der Waals surface area contributed by atoms with Gasteiger partial charge in [0.05, 0.1) is 6.61 Å². The third-order valence-electron chi connectivity index (χ3n) is 7.67. The zero-order valence-electron chi connectivity index (χ0n) is 30.7. The van der Waals surface area contributed by atoms with Gasteiger partial charge in [0, 0.05) is 12.8 Å². The van der Waals surface area contributed by atoms with Gasteiger partial charge in [-0.15, -0.1) is 0 Å². The monoisotopic (exact) mass is 667 g/mol. The molecule has 0 saturated heterocycles.